The van der Waals surface area contributed by atoms with Crippen molar-refractivity contribution < 1.29 is 14.6 Å². The summed E-state index contributed by atoms with van der Waals surface area (Å²) in [4.78, 5) is 14.7. The summed E-state index contributed by atoms with van der Waals surface area (Å²) < 4.78 is 4.97. The van der Waals surface area contributed by atoms with E-state index in [1.165, 1.54) is 25.3 Å². The second kappa shape index (κ2) is 6.97. The lowest BCUT2D eigenvalue weighted by atomic mass is 10.1. The van der Waals surface area contributed by atoms with Crippen LogP contribution in [0.4, 0.5) is 5.69 Å². The van der Waals surface area contributed by atoms with E-state index in [1.807, 2.05) is 0 Å². The Morgan fingerprint density at radius 2 is 2.00 bits per heavy atom. The van der Waals surface area contributed by atoms with Crippen LogP contribution in [0, 0.1) is 0 Å². The van der Waals surface area contributed by atoms with E-state index < -0.39 is 0 Å². The van der Waals surface area contributed by atoms with Gasteiger partial charge in [-0.3, -0.25) is 4.79 Å². The summed E-state index contributed by atoms with van der Waals surface area (Å²) in [6, 6.07) is 11.2. The molecule has 0 heterocycles. The van der Waals surface area contributed by atoms with Crippen LogP contribution < -0.4 is 4.74 Å². The molecule has 110 valence electrons. The number of carbonyl (C=O) groups excluding carboxylic acids is 1. The molecule has 0 unspecified atom stereocenters. The van der Waals surface area contributed by atoms with Gasteiger partial charge in [0.15, 0.2) is 5.78 Å². The first-order valence-electron chi connectivity index (χ1n) is 6.38. The number of azide groups is 1. The normalized spacial score (nSPS) is 10.2. The summed E-state index contributed by atoms with van der Waals surface area (Å²) >= 11 is 0. The number of ketones is 1. The summed E-state index contributed by atoms with van der Waals surface area (Å²) in [6.07, 6.45) is 2.98. The van der Waals surface area contributed by atoms with Gasteiger partial charge in [0.05, 0.1) is 12.7 Å². The van der Waals surface area contributed by atoms with E-state index in [-0.39, 0.29) is 17.1 Å². The maximum absolute atomic E-state index is 12.1. The Hall–Kier alpha value is -3.24. The van der Waals surface area contributed by atoms with Crippen LogP contribution in [0.1, 0.15) is 15.9 Å². The fourth-order valence-corrected chi connectivity index (χ4v) is 1.81. The Bertz CT molecular complexity index is 761. The van der Waals surface area contributed by atoms with Gasteiger partial charge < -0.3 is 9.84 Å². The molecule has 6 nitrogen and oxygen atoms in total. The lowest BCUT2D eigenvalue weighted by Gasteiger charge is -2.03. The van der Waals surface area contributed by atoms with E-state index in [0.29, 0.717) is 11.4 Å². The predicted octanol–water partition coefficient (Wildman–Crippen LogP) is 4.24. The minimum absolute atomic E-state index is 0.132. The first-order chi connectivity index (χ1) is 10.6. The molecule has 0 saturated heterocycles. The van der Waals surface area contributed by atoms with E-state index in [2.05, 4.69) is 10.0 Å². The molecule has 0 fully saturated rings. The van der Waals surface area contributed by atoms with Crippen molar-refractivity contribution in [2.75, 3.05) is 7.11 Å². The molecule has 22 heavy (non-hydrogen) atoms. The Labute approximate surface area is 126 Å². The van der Waals surface area contributed by atoms with Crippen molar-refractivity contribution >= 4 is 17.5 Å². The molecule has 0 aromatic heterocycles. The minimum atomic E-state index is -0.320. The zero-order valence-corrected chi connectivity index (χ0v) is 11.8. The number of rotatable bonds is 5. The number of carbonyl (C=O) groups is 1. The van der Waals surface area contributed by atoms with E-state index in [9.17, 15) is 9.90 Å². The number of ether oxygens (including phenoxy) is 1. The van der Waals surface area contributed by atoms with Gasteiger partial charge in [-0.25, -0.2) is 0 Å². The van der Waals surface area contributed by atoms with Crippen LogP contribution in [-0.2, 0) is 0 Å². The first kappa shape index (κ1) is 15.2. The van der Waals surface area contributed by atoms with Gasteiger partial charge in [-0.05, 0) is 29.3 Å². The van der Waals surface area contributed by atoms with Gasteiger partial charge >= 0.3 is 0 Å². The van der Waals surface area contributed by atoms with Crippen LogP contribution in [0.3, 0.4) is 0 Å². The number of allylic oxidation sites excluding steroid dienone is 1. The predicted molar refractivity (Wildman–Crippen MR) is 83.3 cm³/mol. The number of nitrogens with zero attached hydrogens (tertiary/aromatic N) is 3. The smallest absolute Gasteiger partial charge is 0.189 e. The molecule has 0 spiro atoms. The zero-order chi connectivity index (χ0) is 15.9. The standard InChI is InChI=1S/C16H13N3O3/c1-22-13-7-8-14(16(21)10-13)15(20)9-4-11-2-5-12(6-3-11)18-19-17/h2-10,21H,1H3/b9-4+. The molecule has 0 bridgehead atoms. The third-order valence-electron chi connectivity index (χ3n) is 2.95. The number of hydrogen-bond acceptors (Lipinski definition) is 4. The maximum Gasteiger partial charge on any atom is 0.189 e. The monoisotopic (exact) mass is 295 g/mol. The first-order valence-corrected chi connectivity index (χ1v) is 6.38. The summed E-state index contributed by atoms with van der Waals surface area (Å²) in [7, 11) is 1.48. The SMILES string of the molecule is COc1ccc(C(=O)/C=C/c2ccc(N=[N+]=[N-])cc2)c(O)c1. The molecule has 0 aliphatic carbocycles. The summed E-state index contributed by atoms with van der Waals surface area (Å²) in [5.41, 5.74) is 9.79. The largest absolute Gasteiger partial charge is 0.507 e. The molecule has 6 heteroatoms. The Morgan fingerprint density at radius 3 is 2.59 bits per heavy atom. The summed E-state index contributed by atoms with van der Waals surface area (Å²) in [6.45, 7) is 0. The van der Waals surface area contributed by atoms with Crippen LogP contribution in [0.2, 0.25) is 0 Å². The highest BCUT2D eigenvalue weighted by Crippen LogP contribution is 2.24. The second-order valence-electron chi connectivity index (χ2n) is 4.36. The Morgan fingerprint density at radius 1 is 1.27 bits per heavy atom. The van der Waals surface area contributed by atoms with Crippen molar-refractivity contribution in [2.24, 2.45) is 5.11 Å². The van der Waals surface area contributed by atoms with Crippen molar-refractivity contribution in [1.82, 2.24) is 0 Å². The number of hydrogen-bond donors (Lipinski definition) is 1. The quantitative estimate of drug-likeness (QED) is 0.294. The summed E-state index contributed by atoms with van der Waals surface area (Å²) in [5, 5.41) is 13.3. The van der Waals surface area contributed by atoms with Crippen LogP contribution in [0.25, 0.3) is 16.5 Å². The summed E-state index contributed by atoms with van der Waals surface area (Å²) in [5.74, 6) is 0.0265. The fraction of sp³-hybridized carbons (Fsp3) is 0.0625. The molecule has 2 aromatic rings. The van der Waals surface area contributed by atoms with Crippen molar-refractivity contribution in [2.45, 2.75) is 0 Å². The van der Waals surface area contributed by atoms with E-state index in [4.69, 9.17) is 10.3 Å². The van der Waals surface area contributed by atoms with Crippen molar-refractivity contribution in [1.29, 1.82) is 0 Å². The number of benzene rings is 2. The van der Waals surface area contributed by atoms with Gasteiger partial charge in [-0.1, -0.05) is 35.5 Å². The van der Waals surface area contributed by atoms with Crippen LogP contribution in [0.15, 0.2) is 53.7 Å². The van der Waals surface area contributed by atoms with Gasteiger partial charge in [0.1, 0.15) is 11.5 Å². The van der Waals surface area contributed by atoms with Gasteiger partial charge in [0, 0.05) is 16.7 Å². The molecule has 0 radical (unpaired) electrons. The molecule has 0 amide bonds. The van der Waals surface area contributed by atoms with Crippen LogP contribution >= 0.6 is 0 Å². The van der Waals surface area contributed by atoms with E-state index in [1.54, 1.807) is 36.4 Å². The molecular weight excluding hydrogens is 282 g/mol. The topological polar surface area (TPSA) is 95.3 Å². The third kappa shape index (κ3) is 3.65. The lowest BCUT2D eigenvalue weighted by Crippen LogP contribution is -1.95. The molecular formula is C16H13N3O3. The zero-order valence-electron chi connectivity index (χ0n) is 11.8. The molecule has 2 aromatic carbocycles. The highest BCUT2D eigenvalue weighted by atomic mass is 16.5. The molecule has 0 saturated carbocycles. The average molecular weight is 295 g/mol. The molecule has 2 rings (SSSR count). The van der Waals surface area contributed by atoms with Gasteiger partial charge in [0.25, 0.3) is 0 Å². The van der Waals surface area contributed by atoms with Crippen molar-refractivity contribution in [3.8, 4) is 11.5 Å². The fourth-order valence-electron chi connectivity index (χ4n) is 1.81. The van der Waals surface area contributed by atoms with Crippen molar-refractivity contribution in [3.63, 3.8) is 0 Å². The Balaban J connectivity index is 2.15. The van der Waals surface area contributed by atoms with Crippen molar-refractivity contribution in [3.05, 3.63) is 70.1 Å². The van der Waals surface area contributed by atoms with Crippen LogP contribution in [0.5, 0.6) is 11.5 Å². The number of methoxy groups -OCH3 is 1. The minimum Gasteiger partial charge on any atom is -0.507 e. The molecule has 0 aliphatic rings. The average Bonchev–Trinajstić information content (AvgIpc) is 2.54. The van der Waals surface area contributed by atoms with E-state index >= 15 is 0 Å². The molecule has 1 N–H and O–H groups in total. The number of phenolic OH excluding ortho intramolecular Hbond substituents is 1. The van der Waals surface area contributed by atoms with E-state index in [0.717, 1.165) is 5.56 Å². The number of phenols is 1. The highest BCUT2D eigenvalue weighted by Gasteiger charge is 2.09. The van der Waals surface area contributed by atoms with Gasteiger partial charge in [-0.2, -0.15) is 0 Å². The van der Waals surface area contributed by atoms with Gasteiger partial charge in [-0.15, -0.1) is 0 Å². The third-order valence-corrected chi connectivity index (χ3v) is 2.95. The lowest BCUT2D eigenvalue weighted by molar-refractivity contribution is 0.104. The number of aromatic hydroxyl groups is 1. The second-order valence-corrected chi connectivity index (χ2v) is 4.36. The Kier molecular flexibility index (Phi) is 4.80. The molecule has 0 atom stereocenters. The molecule has 0 aliphatic heterocycles. The maximum atomic E-state index is 12.1. The van der Waals surface area contributed by atoms with Crippen LogP contribution in [-0.4, -0.2) is 18.0 Å². The van der Waals surface area contributed by atoms with Gasteiger partial charge in [0.2, 0.25) is 0 Å². The highest BCUT2D eigenvalue weighted by molar-refractivity contribution is 6.08.